The molecule has 2 heterocycles. The predicted octanol–water partition coefficient (Wildman–Crippen LogP) is 6.60. The third-order valence-electron chi connectivity index (χ3n) is 5.79. The predicted molar refractivity (Wildman–Crippen MR) is 124 cm³/mol. The smallest absolute Gasteiger partial charge is 0.309 e. The molecule has 0 aliphatic rings. The maximum Gasteiger partial charge on any atom is 0.309 e. The number of carboxylic acid groups (broad SMARTS) is 1. The van der Waals surface area contributed by atoms with Crippen molar-refractivity contribution >= 4 is 18.1 Å². The van der Waals surface area contributed by atoms with Gasteiger partial charge < -0.3 is 19.0 Å². The van der Waals surface area contributed by atoms with E-state index in [1.54, 1.807) is 13.8 Å². The number of hydrogen-bond acceptors (Lipinski definition) is 4. The van der Waals surface area contributed by atoms with E-state index in [1.807, 2.05) is 36.4 Å². The second-order valence-corrected chi connectivity index (χ2v) is 9.87. The second-order valence-electron chi connectivity index (χ2n) is 9.87. The molecule has 31 heavy (non-hydrogen) atoms. The molecule has 0 aliphatic heterocycles. The van der Waals surface area contributed by atoms with Crippen LogP contribution in [0.2, 0.25) is 0 Å². The normalized spacial score (nSPS) is 12.7. The molecule has 2 rings (SSSR count). The lowest BCUT2D eigenvalue weighted by Gasteiger charge is -2.20. The van der Waals surface area contributed by atoms with Crippen LogP contribution >= 0.6 is 0 Å². The van der Waals surface area contributed by atoms with Crippen LogP contribution in [0.25, 0.3) is 12.2 Å². The summed E-state index contributed by atoms with van der Waals surface area (Å²) < 4.78 is 11.7. The number of hydrogen-bond donors (Lipinski definition) is 2. The molecule has 2 N–H and O–H groups in total. The van der Waals surface area contributed by atoms with Crippen LogP contribution < -0.4 is 0 Å². The Labute approximate surface area is 186 Å². The van der Waals surface area contributed by atoms with E-state index in [-0.39, 0.29) is 12.0 Å². The standard InChI is InChI=1S/C26H38O5/c1-25(2,19-27)17-7-5-9-20-11-13-22(30-20)15-16-23-14-12-21(31-23)10-6-8-18-26(3,4)24(28)29/h11-16,27H,5-10,17-19H2,1-4H3,(H,28,29)/b16-15+. The third kappa shape index (κ3) is 8.78. The summed E-state index contributed by atoms with van der Waals surface area (Å²) in [5.74, 6) is 2.74. The Kier molecular flexibility index (Phi) is 9.17. The van der Waals surface area contributed by atoms with Crippen molar-refractivity contribution < 1.29 is 23.8 Å². The van der Waals surface area contributed by atoms with Crippen LogP contribution in [0.15, 0.2) is 33.1 Å². The molecule has 5 nitrogen and oxygen atoms in total. The summed E-state index contributed by atoms with van der Waals surface area (Å²) in [5, 5.41) is 18.5. The van der Waals surface area contributed by atoms with Gasteiger partial charge in [0.2, 0.25) is 0 Å². The molecule has 0 bridgehead atoms. The highest BCUT2D eigenvalue weighted by Gasteiger charge is 2.26. The van der Waals surface area contributed by atoms with Crippen LogP contribution in [0.1, 0.15) is 89.3 Å². The van der Waals surface area contributed by atoms with Crippen molar-refractivity contribution in [3.8, 4) is 0 Å². The van der Waals surface area contributed by atoms with Crippen LogP contribution in [-0.2, 0) is 17.6 Å². The summed E-state index contributed by atoms with van der Waals surface area (Å²) in [7, 11) is 0. The first-order valence-corrected chi connectivity index (χ1v) is 11.3. The second kappa shape index (κ2) is 11.4. The number of furan rings is 2. The minimum Gasteiger partial charge on any atom is -0.481 e. The molecule has 0 fully saturated rings. The number of aliphatic carboxylic acids is 1. The van der Waals surface area contributed by atoms with Crippen LogP contribution in [0.5, 0.6) is 0 Å². The summed E-state index contributed by atoms with van der Waals surface area (Å²) in [6.07, 6.45) is 11.1. The molecule has 172 valence electrons. The van der Waals surface area contributed by atoms with Crippen LogP contribution in [0, 0.1) is 10.8 Å². The van der Waals surface area contributed by atoms with Gasteiger partial charge in [-0.1, -0.05) is 26.7 Å². The van der Waals surface area contributed by atoms with E-state index >= 15 is 0 Å². The first-order chi connectivity index (χ1) is 14.6. The molecule has 0 amide bonds. The van der Waals surface area contributed by atoms with Crippen molar-refractivity contribution in [3.63, 3.8) is 0 Å². The Morgan fingerprint density at radius 2 is 1.32 bits per heavy atom. The highest BCUT2D eigenvalue weighted by Crippen LogP contribution is 2.25. The Morgan fingerprint density at radius 3 is 1.77 bits per heavy atom. The summed E-state index contributed by atoms with van der Waals surface area (Å²) >= 11 is 0. The van der Waals surface area contributed by atoms with Gasteiger partial charge in [-0.15, -0.1) is 0 Å². The lowest BCUT2D eigenvalue weighted by atomic mass is 9.87. The van der Waals surface area contributed by atoms with E-state index < -0.39 is 11.4 Å². The molecular weight excluding hydrogens is 392 g/mol. The van der Waals surface area contributed by atoms with Crippen molar-refractivity contribution in [3.05, 3.63) is 47.3 Å². The fourth-order valence-corrected chi connectivity index (χ4v) is 3.36. The maximum absolute atomic E-state index is 11.1. The lowest BCUT2D eigenvalue weighted by molar-refractivity contribution is -0.147. The minimum atomic E-state index is -0.746. The molecule has 5 heteroatoms. The van der Waals surface area contributed by atoms with Gasteiger partial charge in [0.15, 0.2) is 0 Å². The summed E-state index contributed by atoms with van der Waals surface area (Å²) in [5.41, 5.74) is -0.678. The van der Waals surface area contributed by atoms with Gasteiger partial charge in [0.1, 0.15) is 23.0 Å². The highest BCUT2D eigenvalue weighted by molar-refractivity contribution is 5.73. The van der Waals surface area contributed by atoms with E-state index in [9.17, 15) is 9.90 Å². The maximum atomic E-state index is 11.1. The van der Waals surface area contributed by atoms with Crippen molar-refractivity contribution in [2.24, 2.45) is 10.8 Å². The number of unbranched alkanes of at least 4 members (excludes halogenated alkanes) is 2. The van der Waals surface area contributed by atoms with Crippen molar-refractivity contribution in [2.45, 2.75) is 79.1 Å². The molecule has 0 unspecified atom stereocenters. The van der Waals surface area contributed by atoms with Crippen LogP contribution in [0.3, 0.4) is 0 Å². The third-order valence-corrected chi connectivity index (χ3v) is 5.79. The van der Waals surface area contributed by atoms with Gasteiger partial charge >= 0.3 is 5.97 Å². The SMILES string of the molecule is CC(C)(CO)CCCCc1ccc(/C=C/c2ccc(CCCCC(C)(C)C(=O)O)o2)o1. The Bertz CT molecular complexity index is 838. The highest BCUT2D eigenvalue weighted by atomic mass is 16.4. The number of aliphatic hydroxyl groups is 1. The van der Waals surface area contributed by atoms with E-state index in [0.29, 0.717) is 6.42 Å². The average Bonchev–Trinajstić information content (AvgIpc) is 3.36. The Balaban J connectivity index is 1.73. The molecule has 2 aromatic heterocycles. The molecule has 2 aromatic rings. The van der Waals surface area contributed by atoms with E-state index in [2.05, 4.69) is 13.8 Å². The summed E-state index contributed by atoms with van der Waals surface area (Å²) in [4.78, 5) is 11.1. The van der Waals surface area contributed by atoms with Crippen molar-refractivity contribution in [2.75, 3.05) is 6.61 Å². The number of aryl methyl sites for hydroxylation is 2. The van der Waals surface area contributed by atoms with Crippen LogP contribution in [-0.4, -0.2) is 22.8 Å². The monoisotopic (exact) mass is 430 g/mol. The zero-order valence-corrected chi connectivity index (χ0v) is 19.4. The zero-order valence-electron chi connectivity index (χ0n) is 19.4. The topological polar surface area (TPSA) is 83.8 Å². The van der Waals surface area contributed by atoms with Gasteiger partial charge in [-0.3, -0.25) is 4.79 Å². The van der Waals surface area contributed by atoms with Gasteiger partial charge in [-0.25, -0.2) is 0 Å². The molecular formula is C26H38O5. The molecule has 0 spiro atoms. The van der Waals surface area contributed by atoms with Gasteiger partial charge in [-0.05, 0) is 81.4 Å². The minimum absolute atomic E-state index is 0.00594. The molecule has 0 atom stereocenters. The number of rotatable bonds is 14. The van der Waals surface area contributed by atoms with E-state index in [0.717, 1.165) is 68.0 Å². The first kappa shape index (κ1) is 25.0. The first-order valence-electron chi connectivity index (χ1n) is 11.3. The summed E-state index contributed by atoms with van der Waals surface area (Å²) in [6.45, 7) is 7.93. The molecule has 0 aliphatic carbocycles. The zero-order chi connectivity index (χ0) is 22.9. The number of carbonyl (C=O) groups is 1. The quantitative estimate of drug-likeness (QED) is 0.330. The number of carboxylic acids is 1. The number of aliphatic hydroxyl groups excluding tert-OH is 1. The Morgan fingerprint density at radius 1 is 0.839 bits per heavy atom. The lowest BCUT2D eigenvalue weighted by Crippen LogP contribution is -2.23. The van der Waals surface area contributed by atoms with E-state index in [4.69, 9.17) is 13.9 Å². The molecule has 0 saturated heterocycles. The summed E-state index contributed by atoms with van der Waals surface area (Å²) in [6, 6.07) is 7.91. The fraction of sp³-hybridized carbons (Fsp3) is 0.577. The van der Waals surface area contributed by atoms with Crippen molar-refractivity contribution in [1.29, 1.82) is 0 Å². The van der Waals surface area contributed by atoms with Crippen LogP contribution in [0.4, 0.5) is 0 Å². The molecule has 0 saturated carbocycles. The van der Waals surface area contributed by atoms with E-state index in [1.165, 1.54) is 0 Å². The fourth-order valence-electron chi connectivity index (χ4n) is 3.36. The van der Waals surface area contributed by atoms with Gasteiger partial charge in [0.05, 0.1) is 5.41 Å². The van der Waals surface area contributed by atoms with Gasteiger partial charge in [0, 0.05) is 19.4 Å². The molecule has 0 aromatic carbocycles. The Hall–Kier alpha value is -2.27. The van der Waals surface area contributed by atoms with Gasteiger partial charge in [-0.2, -0.15) is 0 Å². The van der Waals surface area contributed by atoms with Crippen molar-refractivity contribution in [1.82, 2.24) is 0 Å². The largest absolute Gasteiger partial charge is 0.481 e. The average molecular weight is 431 g/mol. The molecule has 0 radical (unpaired) electrons. The van der Waals surface area contributed by atoms with Gasteiger partial charge in [0.25, 0.3) is 0 Å².